The summed E-state index contributed by atoms with van der Waals surface area (Å²) in [6.07, 6.45) is 9.03. The molecule has 9 aromatic carbocycles. The van der Waals surface area contributed by atoms with E-state index >= 15 is 0 Å². The van der Waals surface area contributed by atoms with E-state index in [0.29, 0.717) is 0 Å². The summed E-state index contributed by atoms with van der Waals surface area (Å²) in [6.45, 7) is 0. The second kappa shape index (κ2) is 14.7. The minimum atomic E-state index is 0.867. The van der Waals surface area contributed by atoms with Crippen molar-refractivity contribution in [2.75, 3.05) is 9.80 Å². The molecule has 0 radical (unpaired) electrons. The van der Waals surface area contributed by atoms with Crippen LogP contribution in [0.3, 0.4) is 0 Å². The van der Waals surface area contributed by atoms with E-state index in [2.05, 4.69) is 228 Å². The van der Waals surface area contributed by atoms with Crippen LogP contribution in [0.2, 0.25) is 0 Å². The molecule has 1 aliphatic rings. The fraction of sp³-hybridized carbons (Fsp3) is 0.0357. The summed E-state index contributed by atoms with van der Waals surface area (Å²) in [7, 11) is 0. The Morgan fingerprint density at radius 1 is 0.356 bits per heavy atom. The van der Waals surface area contributed by atoms with Crippen molar-refractivity contribution in [3.8, 4) is 11.1 Å². The van der Waals surface area contributed by atoms with Gasteiger partial charge >= 0.3 is 0 Å². The molecule has 280 valence electrons. The molecule has 0 saturated carbocycles. The molecule has 59 heavy (non-hydrogen) atoms. The van der Waals surface area contributed by atoms with Crippen LogP contribution in [0.1, 0.15) is 18.4 Å². The number of anilines is 6. The molecule has 0 aliphatic heterocycles. The zero-order valence-corrected chi connectivity index (χ0v) is 32.5. The molecule has 3 heteroatoms. The Morgan fingerprint density at radius 2 is 0.864 bits per heavy atom. The summed E-state index contributed by atoms with van der Waals surface area (Å²) in [5.74, 6) is 0. The van der Waals surface area contributed by atoms with Crippen LogP contribution in [0.15, 0.2) is 223 Å². The number of para-hydroxylation sites is 3. The normalized spacial score (nSPS) is 12.6. The third kappa shape index (κ3) is 6.25. The number of allylic oxidation sites excluding steroid dienone is 4. The van der Waals surface area contributed by atoms with Crippen molar-refractivity contribution in [2.45, 2.75) is 12.8 Å². The molecule has 10 aromatic rings. The molecular formula is C56H40N2O. The SMILES string of the molecule is C1=CC(c2ccc(N(c3ccccc3)c3ccc4c(c3)oc3c5ccc(-c6ccc(N(c7ccccc7)c7ccccc7)cc6)cc5c5ccccc5c43)cc2)=CCC1. The van der Waals surface area contributed by atoms with Crippen LogP contribution >= 0.6 is 0 Å². The van der Waals surface area contributed by atoms with Gasteiger partial charge in [0.2, 0.25) is 0 Å². The van der Waals surface area contributed by atoms with E-state index in [1.54, 1.807) is 0 Å². The first kappa shape index (κ1) is 34.6. The maximum absolute atomic E-state index is 6.96. The van der Waals surface area contributed by atoms with E-state index in [1.807, 2.05) is 0 Å². The minimum absolute atomic E-state index is 0.867. The Morgan fingerprint density at radius 3 is 1.47 bits per heavy atom. The topological polar surface area (TPSA) is 19.6 Å². The lowest BCUT2D eigenvalue weighted by Crippen LogP contribution is -2.09. The molecule has 0 spiro atoms. The first-order valence-corrected chi connectivity index (χ1v) is 20.4. The fourth-order valence-corrected chi connectivity index (χ4v) is 8.82. The van der Waals surface area contributed by atoms with Crippen molar-refractivity contribution in [1.82, 2.24) is 0 Å². The van der Waals surface area contributed by atoms with E-state index in [1.165, 1.54) is 32.9 Å². The van der Waals surface area contributed by atoms with Crippen LogP contribution in [0.25, 0.3) is 60.2 Å². The van der Waals surface area contributed by atoms with Crippen molar-refractivity contribution >= 4 is 83.2 Å². The molecule has 0 unspecified atom stereocenters. The van der Waals surface area contributed by atoms with Crippen molar-refractivity contribution in [3.05, 3.63) is 224 Å². The van der Waals surface area contributed by atoms with Gasteiger partial charge in [-0.3, -0.25) is 0 Å². The van der Waals surface area contributed by atoms with E-state index in [9.17, 15) is 0 Å². The van der Waals surface area contributed by atoms with Crippen LogP contribution in [0.4, 0.5) is 34.1 Å². The molecule has 0 bridgehead atoms. The number of fused-ring (bicyclic) bond motifs is 8. The van der Waals surface area contributed by atoms with Crippen LogP contribution in [0.5, 0.6) is 0 Å². The molecular weight excluding hydrogens is 717 g/mol. The summed E-state index contributed by atoms with van der Waals surface area (Å²) < 4.78 is 6.96. The average molecular weight is 757 g/mol. The van der Waals surface area contributed by atoms with E-state index < -0.39 is 0 Å². The Bertz CT molecular complexity index is 3140. The number of hydrogen-bond acceptors (Lipinski definition) is 3. The van der Waals surface area contributed by atoms with Gasteiger partial charge in [-0.15, -0.1) is 0 Å². The predicted octanol–water partition coefficient (Wildman–Crippen LogP) is 16.2. The summed E-state index contributed by atoms with van der Waals surface area (Å²) >= 11 is 0. The Balaban J connectivity index is 1.00. The minimum Gasteiger partial charge on any atom is -0.455 e. The zero-order chi connectivity index (χ0) is 39.1. The second-order valence-corrected chi connectivity index (χ2v) is 15.2. The number of benzene rings is 9. The lowest BCUT2D eigenvalue weighted by atomic mass is 9.94. The standard InChI is InChI=1S/C56H40N2O/c1-5-15-39(16-6-1)40-25-30-47(31-26-40)58(45-21-11-4-12-22-45)48-34-36-52-54(38-48)59-56-51-35-29-42(37-53(51)49-23-13-14-24-50(49)55(52)56)41-27-32-46(33-28-41)57(43-17-7-2-8-18-43)44-19-9-3-10-20-44/h2-5,7-38H,1,6H2. The van der Waals surface area contributed by atoms with Crippen LogP contribution in [-0.2, 0) is 0 Å². The van der Waals surface area contributed by atoms with Crippen molar-refractivity contribution < 1.29 is 4.42 Å². The molecule has 3 nitrogen and oxygen atoms in total. The highest BCUT2D eigenvalue weighted by Crippen LogP contribution is 2.45. The molecule has 0 atom stereocenters. The number of hydrogen-bond donors (Lipinski definition) is 0. The number of nitrogens with zero attached hydrogens (tertiary/aromatic N) is 2. The van der Waals surface area contributed by atoms with Crippen LogP contribution < -0.4 is 9.80 Å². The van der Waals surface area contributed by atoms with E-state index in [0.717, 1.165) is 79.9 Å². The maximum atomic E-state index is 6.96. The van der Waals surface area contributed by atoms with Crippen molar-refractivity contribution in [2.24, 2.45) is 0 Å². The quantitative estimate of drug-likeness (QED) is 0.144. The summed E-state index contributed by atoms with van der Waals surface area (Å²) in [4.78, 5) is 4.61. The number of rotatable bonds is 8. The molecule has 0 amide bonds. The highest BCUT2D eigenvalue weighted by atomic mass is 16.3. The summed E-state index contributed by atoms with van der Waals surface area (Å²) in [5, 5.41) is 6.96. The molecule has 0 saturated heterocycles. The van der Waals surface area contributed by atoms with Gasteiger partial charge in [-0.05, 0) is 136 Å². The molecule has 1 aromatic heterocycles. The summed E-state index contributed by atoms with van der Waals surface area (Å²) in [5.41, 5.74) is 13.2. The Hall–Kier alpha value is -7.62. The van der Waals surface area contributed by atoms with Gasteiger partial charge in [0.25, 0.3) is 0 Å². The van der Waals surface area contributed by atoms with Gasteiger partial charge in [-0.1, -0.05) is 127 Å². The molecule has 0 N–H and O–H groups in total. The monoisotopic (exact) mass is 756 g/mol. The molecule has 1 heterocycles. The first-order chi connectivity index (χ1) is 29.3. The maximum Gasteiger partial charge on any atom is 0.143 e. The van der Waals surface area contributed by atoms with Gasteiger partial charge in [0.05, 0.1) is 0 Å². The average Bonchev–Trinajstić information content (AvgIpc) is 3.70. The van der Waals surface area contributed by atoms with E-state index in [-0.39, 0.29) is 0 Å². The smallest absolute Gasteiger partial charge is 0.143 e. The largest absolute Gasteiger partial charge is 0.455 e. The Labute approximate surface area is 344 Å². The van der Waals surface area contributed by atoms with Gasteiger partial charge in [0.15, 0.2) is 0 Å². The van der Waals surface area contributed by atoms with Gasteiger partial charge in [0, 0.05) is 56.3 Å². The zero-order valence-electron chi connectivity index (χ0n) is 32.5. The highest BCUT2D eigenvalue weighted by Gasteiger charge is 2.20. The van der Waals surface area contributed by atoms with Gasteiger partial charge in [-0.25, -0.2) is 0 Å². The fourth-order valence-electron chi connectivity index (χ4n) is 8.82. The molecule has 11 rings (SSSR count). The first-order valence-electron chi connectivity index (χ1n) is 20.4. The lowest BCUT2D eigenvalue weighted by molar-refractivity contribution is 0.673. The molecule has 0 fully saturated rings. The van der Waals surface area contributed by atoms with Crippen molar-refractivity contribution in [1.29, 1.82) is 0 Å². The second-order valence-electron chi connectivity index (χ2n) is 15.2. The third-order valence-corrected chi connectivity index (χ3v) is 11.6. The van der Waals surface area contributed by atoms with Crippen molar-refractivity contribution in [3.63, 3.8) is 0 Å². The van der Waals surface area contributed by atoms with Crippen LogP contribution in [-0.4, -0.2) is 0 Å². The lowest BCUT2D eigenvalue weighted by Gasteiger charge is -2.25. The number of furan rings is 1. The Kier molecular flexibility index (Phi) is 8.63. The van der Waals surface area contributed by atoms with Gasteiger partial charge in [-0.2, -0.15) is 0 Å². The highest BCUT2D eigenvalue weighted by molar-refractivity contribution is 6.30. The summed E-state index contributed by atoms with van der Waals surface area (Å²) in [6, 6.07) is 71.7. The van der Waals surface area contributed by atoms with Gasteiger partial charge < -0.3 is 14.2 Å². The predicted molar refractivity (Wildman–Crippen MR) is 250 cm³/mol. The van der Waals surface area contributed by atoms with Gasteiger partial charge in [0.1, 0.15) is 11.2 Å². The molecule has 1 aliphatic carbocycles. The third-order valence-electron chi connectivity index (χ3n) is 11.6. The van der Waals surface area contributed by atoms with E-state index in [4.69, 9.17) is 4.42 Å². The van der Waals surface area contributed by atoms with Crippen LogP contribution in [0, 0.1) is 0 Å².